The Kier molecular flexibility index (Phi) is 4.40. The van der Waals surface area contributed by atoms with Gasteiger partial charge in [-0.05, 0) is 47.7 Å². The monoisotopic (exact) mass is 326 g/mol. The Bertz CT molecular complexity index is 542. The van der Waals surface area contributed by atoms with Gasteiger partial charge in [0.05, 0.1) is 13.2 Å². The second-order valence-corrected chi connectivity index (χ2v) is 5.89. The van der Waals surface area contributed by atoms with Crippen molar-refractivity contribution in [3.05, 3.63) is 50.1 Å². The third-order valence-electron chi connectivity index (χ3n) is 2.89. The minimum atomic E-state index is -0.0410. The largest absolute Gasteiger partial charge is 0.497 e. The molecule has 1 aromatic heterocycles. The van der Waals surface area contributed by atoms with Crippen molar-refractivity contribution in [2.24, 2.45) is 5.84 Å². The maximum Gasteiger partial charge on any atom is 0.119 e. The van der Waals surface area contributed by atoms with E-state index >= 15 is 0 Å². The minimum absolute atomic E-state index is 0.0410. The molecular weight excluding hydrogens is 312 g/mol. The van der Waals surface area contributed by atoms with E-state index in [9.17, 15) is 0 Å². The molecule has 1 aromatic carbocycles. The van der Waals surface area contributed by atoms with Gasteiger partial charge in [-0.3, -0.25) is 5.84 Å². The third kappa shape index (κ3) is 2.59. The Labute approximate surface area is 119 Å². The summed E-state index contributed by atoms with van der Waals surface area (Å²) in [5.74, 6) is 6.54. The quantitative estimate of drug-likeness (QED) is 0.668. The van der Waals surface area contributed by atoms with Crippen molar-refractivity contribution >= 4 is 27.3 Å². The van der Waals surface area contributed by atoms with Crippen LogP contribution in [0.25, 0.3) is 0 Å². The Morgan fingerprint density at radius 1 is 1.33 bits per heavy atom. The molecule has 96 valence electrons. The van der Waals surface area contributed by atoms with Crippen molar-refractivity contribution in [3.8, 4) is 5.75 Å². The maximum atomic E-state index is 5.72. The first-order valence-corrected chi connectivity index (χ1v) is 7.18. The van der Waals surface area contributed by atoms with E-state index < -0.39 is 0 Å². The first-order valence-electron chi connectivity index (χ1n) is 5.51. The average molecular weight is 327 g/mol. The van der Waals surface area contributed by atoms with Crippen molar-refractivity contribution in [2.45, 2.75) is 13.0 Å². The SMILES string of the molecule is COc1ccc(Br)c(C(NN)c2ccsc2C)c1. The number of nitrogens with two attached hydrogens (primary N) is 1. The predicted octanol–water partition coefficient (Wildman–Crippen LogP) is 3.38. The lowest BCUT2D eigenvalue weighted by atomic mass is 10.00. The average Bonchev–Trinajstić information content (AvgIpc) is 2.79. The van der Waals surface area contributed by atoms with Crippen LogP contribution < -0.4 is 16.0 Å². The van der Waals surface area contributed by atoms with Crippen LogP contribution in [0.2, 0.25) is 0 Å². The summed E-state index contributed by atoms with van der Waals surface area (Å²) < 4.78 is 6.28. The van der Waals surface area contributed by atoms with E-state index in [1.165, 1.54) is 10.4 Å². The number of hydrazine groups is 1. The summed E-state index contributed by atoms with van der Waals surface area (Å²) in [6, 6.07) is 7.94. The smallest absolute Gasteiger partial charge is 0.119 e. The van der Waals surface area contributed by atoms with Crippen molar-refractivity contribution in [3.63, 3.8) is 0 Å². The number of hydrogen-bond acceptors (Lipinski definition) is 4. The van der Waals surface area contributed by atoms with Gasteiger partial charge in [-0.15, -0.1) is 11.3 Å². The first-order chi connectivity index (χ1) is 8.67. The summed E-state index contributed by atoms with van der Waals surface area (Å²) in [5.41, 5.74) is 5.13. The molecule has 0 aliphatic carbocycles. The highest BCUT2D eigenvalue weighted by atomic mass is 79.9. The topological polar surface area (TPSA) is 47.3 Å². The number of benzene rings is 1. The molecule has 0 radical (unpaired) electrons. The highest BCUT2D eigenvalue weighted by Crippen LogP contribution is 2.33. The van der Waals surface area contributed by atoms with Crippen LogP contribution >= 0.6 is 27.3 Å². The van der Waals surface area contributed by atoms with Gasteiger partial charge in [-0.25, -0.2) is 5.43 Å². The number of hydrogen-bond donors (Lipinski definition) is 2. The van der Waals surface area contributed by atoms with Gasteiger partial charge < -0.3 is 4.74 Å². The minimum Gasteiger partial charge on any atom is -0.497 e. The number of nitrogens with one attached hydrogen (secondary N) is 1. The van der Waals surface area contributed by atoms with Crippen molar-refractivity contribution < 1.29 is 4.74 Å². The van der Waals surface area contributed by atoms with Crippen LogP contribution in [0.4, 0.5) is 0 Å². The summed E-state index contributed by atoms with van der Waals surface area (Å²) in [6.45, 7) is 2.10. The molecule has 0 fully saturated rings. The maximum absolute atomic E-state index is 5.72. The number of ether oxygens (including phenoxy) is 1. The molecule has 2 rings (SSSR count). The zero-order chi connectivity index (χ0) is 13.1. The van der Waals surface area contributed by atoms with Crippen molar-refractivity contribution in [2.75, 3.05) is 7.11 Å². The van der Waals surface area contributed by atoms with Crippen LogP contribution in [0.3, 0.4) is 0 Å². The van der Waals surface area contributed by atoms with E-state index in [-0.39, 0.29) is 6.04 Å². The summed E-state index contributed by atoms with van der Waals surface area (Å²) in [4.78, 5) is 1.26. The van der Waals surface area contributed by atoms with E-state index in [1.54, 1.807) is 18.4 Å². The molecule has 3 nitrogen and oxygen atoms in total. The van der Waals surface area contributed by atoms with E-state index in [0.717, 1.165) is 15.8 Å². The van der Waals surface area contributed by atoms with Gasteiger partial charge in [0.15, 0.2) is 0 Å². The molecule has 0 saturated heterocycles. The van der Waals surface area contributed by atoms with Crippen LogP contribution in [0, 0.1) is 6.92 Å². The molecule has 0 saturated carbocycles. The lowest BCUT2D eigenvalue weighted by molar-refractivity contribution is 0.413. The van der Waals surface area contributed by atoms with Gasteiger partial charge in [-0.2, -0.15) is 0 Å². The fourth-order valence-electron chi connectivity index (χ4n) is 1.91. The second-order valence-electron chi connectivity index (χ2n) is 3.92. The summed E-state index contributed by atoms with van der Waals surface area (Å²) >= 11 is 5.28. The summed E-state index contributed by atoms with van der Waals surface area (Å²) in [5, 5.41) is 2.07. The molecule has 0 amide bonds. The highest BCUT2D eigenvalue weighted by Gasteiger charge is 2.18. The molecule has 0 spiro atoms. The number of aryl methyl sites for hydroxylation is 1. The molecule has 0 aliphatic rings. The highest BCUT2D eigenvalue weighted by molar-refractivity contribution is 9.10. The summed E-state index contributed by atoms with van der Waals surface area (Å²) in [7, 11) is 1.66. The number of rotatable bonds is 4. The number of thiophene rings is 1. The van der Waals surface area contributed by atoms with E-state index in [4.69, 9.17) is 10.6 Å². The molecular formula is C13H15BrN2OS. The van der Waals surface area contributed by atoms with Gasteiger partial charge in [-0.1, -0.05) is 15.9 Å². The standard InChI is InChI=1S/C13H15BrN2OS/c1-8-10(5-6-18-8)13(16-15)11-7-9(17-2)3-4-12(11)14/h3-7,13,16H,15H2,1-2H3. The zero-order valence-corrected chi connectivity index (χ0v) is 12.6. The van der Waals surface area contributed by atoms with E-state index in [1.807, 2.05) is 18.2 Å². The lowest BCUT2D eigenvalue weighted by Crippen LogP contribution is -2.29. The number of methoxy groups -OCH3 is 1. The first kappa shape index (κ1) is 13.5. The van der Waals surface area contributed by atoms with Crippen molar-refractivity contribution in [1.29, 1.82) is 0 Å². The van der Waals surface area contributed by atoms with Crippen molar-refractivity contribution in [1.82, 2.24) is 5.43 Å². The molecule has 3 N–H and O–H groups in total. The van der Waals surface area contributed by atoms with E-state index in [0.29, 0.717) is 0 Å². The number of halogens is 1. The molecule has 0 aliphatic heterocycles. The Morgan fingerprint density at radius 3 is 2.67 bits per heavy atom. The molecule has 0 bridgehead atoms. The Balaban J connectivity index is 2.48. The van der Waals surface area contributed by atoms with Gasteiger partial charge in [0, 0.05) is 9.35 Å². The molecule has 5 heteroatoms. The molecule has 1 heterocycles. The third-order valence-corrected chi connectivity index (χ3v) is 4.47. The molecule has 1 unspecified atom stereocenters. The van der Waals surface area contributed by atoms with E-state index in [2.05, 4.69) is 39.7 Å². The Morgan fingerprint density at radius 2 is 2.11 bits per heavy atom. The van der Waals surface area contributed by atoms with Crippen LogP contribution in [-0.4, -0.2) is 7.11 Å². The second kappa shape index (κ2) is 5.84. The summed E-state index contributed by atoms with van der Waals surface area (Å²) in [6.07, 6.45) is 0. The lowest BCUT2D eigenvalue weighted by Gasteiger charge is -2.19. The van der Waals surface area contributed by atoms with Crippen LogP contribution in [0.15, 0.2) is 34.1 Å². The normalized spacial score (nSPS) is 12.4. The van der Waals surface area contributed by atoms with Gasteiger partial charge in [0.25, 0.3) is 0 Å². The van der Waals surface area contributed by atoms with Gasteiger partial charge in [0.1, 0.15) is 5.75 Å². The van der Waals surface area contributed by atoms with Gasteiger partial charge in [0.2, 0.25) is 0 Å². The van der Waals surface area contributed by atoms with Gasteiger partial charge >= 0.3 is 0 Å². The zero-order valence-electron chi connectivity index (χ0n) is 10.2. The molecule has 2 aromatic rings. The van der Waals surface area contributed by atoms with Crippen LogP contribution in [-0.2, 0) is 0 Å². The van der Waals surface area contributed by atoms with Crippen LogP contribution in [0.5, 0.6) is 5.75 Å². The van der Waals surface area contributed by atoms with Crippen LogP contribution in [0.1, 0.15) is 22.0 Å². The fourth-order valence-corrected chi connectivity index (χ4v) is 3.13. The fraction of sp³-hybridized carbons (Fsp3) is 0.231. The predicted molar refractivity (Wildman–Crippen MR) is 78.9 cm³/mol. The Hall–Kier alpha value is -0.880. The molecule has 18 heavy (non-hydrogen) atoms. The molecule has 1 atom stereocenters.